The van der Waals surface area contributed by atoms with E-state index in [-0.39, 0.29) is 18.5 Å². The van der Waals surface area contributed by atoms with Crippen molar-refractivity contribution < 1.29 is 9.53 Å². The molecule has 2 heteroatoms. The van der Waals surface area contributed by atoms with E-state index < -0.39 is 0 Å². The first kappa shape index (κ1) is 8.21. The zero-order valence-electron chi connectivity index (χ0n) is 5.76. The molecule has 0 atom stereocenters. The third-order valence-corrected chi connectivity index (χ3v) is 0.652. The van der Waals surface area contributed by atoms with E-state index in [9.17, 15) is 4.79 Å². The Bertz CT molecular complexity index is 105. The summed E-state index contributed by atoms with van der Waals surface area (Å²) in [6, 6.07) is 0. The summed E-state index contributed by atoms with van der Waals surface area (Å²) in [7, 11) is 0. The lowest BCUT2D eigenvalue weighted by Gasteiger charge is -2.04. The molecule has 0 saturated heterocycles. The molecule has 0 aromatic rings. The van der Waals surface area contributed by atoms with Crippen LogP contribution in [0.25, 0.3) is 0 Å². The van der Waals surface area contributed by atoms with Crippen LogP contribution in [0.1, 0.15) is 20.3 Å². The largest absolute Gasteiger partial charge is 0.463 e. The van der Waals surface area contributed by atoms with E-state index in [1.54, 1.807) is 13.8 Å². The van der Waals surface area contributed by atoms with Crippen LogP contribution in [-0.4, -0.2) is 12.1 Å². The van der Waals surface area contributed by atoms with Crippen LogP contribution in [0.2, 0.25) is 0 Å². The van der Waals surface area contributed by atoms with Crippen LogP contribution in [0.5, 0.6) is 0 Å². The SMILES string of the molecule is [CH]=CCC(=O)OC(C)C. The summed E-state index contributed by atoms with van der Waals surface area (Å²) in [5.41, 5.74) is 0. The Kier molecular flexibility index (Phi) is 3.76. The monoisotopic (exact) mass is 127 g/mol. The standard InChI is InChI=1S/C7H11O2/c1-4-5-7(8)9-6(2)3/h1,4,6H,5H2,2-3H3. The summed E-state index contributed by atoms with van der Waals surface area (Å²) in [6.45, 7) is 8.58. The predicted molar refractivity (Wildman–Crippen MR) is 34.7 cm³/mol. The summed E-state index contributed by atoms with van der Waals surface area (Å²) in [6.07, 6.45) is 1.43. The van der Waals surface area contributed by atoms with Gasteiger partial charge in [-0.2, -0.15) is 0 Å². The van der Waals surface area contributed by atoms with Gasteiger partial charge in [-0.1, -0.05) is 12.7 Å². The van der Waals surface area contributed by atoms with Gasteiger partial charge in [0.25, 0.3) is 0 Å². The number of hydrogen-bond acceptors (Lipinski definition) is 2. The minimum atomic E-state index is -0.271. The van der Waals surface area contributed by atoms with Gasteiger partial charge in [0.15, 0.2) is 0 Å². The molecule has 0 aromatic heterocycles. The molecule has 0 spiro atoms. The molecule has 0 aliphatic heterocycles. The lowest BCUT2D eigenvalue weighted by molar-refractivity contribution is -0.146. The predicted octanol–water partition coefficient (Wildman–Crippen LogP) is 1.32. The van der Waals surface area contributed by atoms with Crippen LogP contribution in [0.15, 0.2) is 6.08 Å². The summed E-state index contributed by atoms with van der Waals surface area (Å²) in [5.74, 6) is -0.271. The van der Waals surface area contributed by atoms with E-state index in [1.165, 1.54) is 6.08 Å². The number of carbonyl (C=O) groups excluding carboxylic acids is 1. The minimum absolute atomic E-state index is 0.0440. The van der Waals surface area contributed by atoms with Crippen LogP contribution < -0.4 is 0 Å². The fourth-order valence-corrected chi connectivity index (χ4v) is 0.407. The van der Waals surface area contributed by atoms with Gasteiger partial charge >= 0.3 is 5.97 Å². The molecular formula is C7H11O2. The molecule has 0 heterocycles. The molecule has 9 heavy (non-hydrogen) atoms. The molecule has 0 N–H and O–H groups in total. The van der Waals surface area contributed by atoms with Crippen molar-refractivity contribution in [3.63, 3.8) is 0 Å². The first-order valence-electron chi connectivity index (χ1n) is 2.89. The van der Waals surface area contributed by atoms with Crippen molar-refractivity contribution in [3.05, 3.63) is 12.7 Å². The smallest absolute Gasteiger partial charge is 0.309 e. The van der Waals surface area contributed by atoms with Gasteiger partial charge < -0.3 is 4.74 Å². The van der Waals surface area contributed by atoms with E-state index >= 15 is 0 Å². The van der Waals surface area contributed by atoms with Gasteiger partial charge in [-0.05, 0) is 13.8 Å². The summed E-state index contributed by atoms with van der Waals surface area (Å²) < 4.78 is 4.74. The van der Waals surface area contributed by atoms with Crippen molar-refractivity contribution >= 4 is 5.97 Å². The molecule has 0 unspecified atom stereocenters. The van der Waals surface area contributed by atoms with Gasteiger partial charge in [-0.25, -0.2) is 0 Å². The highest BCUT2D eigenvalue weighted by atomic mass is 16.5. The van der Waals surface area contributed by atoms with Crippen molar-refractivity contribution in [1.82, 2.24) is 0 Å². The maximum atomic E-state index is 10.5. The molecule has 0 amide bonds. The van der Waals surface area contributed by atoms with Crippen molar-refractivity contribution in [1.29, 1.82) is 0 Å². The maximum Gasteiger partial charge on any atom is 0.309 e. The Balaban J connectivity index is 3.38. The normalized spacial score (nSPS) is 9.22. The zero-order valence-corrected chi connectivity index (χ0v) is 5.76. The fourth-order valence-electron chi connectivity index (χ4n) is 0.407. The summed E-state index contributed by atoms with van der Waals surface area (Å²) >= 11 is 0. The van der Waals surface area contributed by atoms with E-state index in [0.717, 1.165) is 0 Å². The lowest BCUT2D eigenvalue weighted by Crippen LogP contribution is -2.09. The highest BCUT2D eigenvalue weighted by Crippen LogP contribution is 1.92. The minimum Gasteiger partial charge on any atom is -0.463 e. The molecule has 2 nitrogen and oxygen atoms in total. The quantitative estimate of drug-likeness (QED) is 0.534. The van der Waals surface area contributed by atoms with Crippen LogP contribution in [0, 0.1) is 6.58 Å². The number of esters is 1. The zero-order chi connectivity index (χ0) is 7.28. The summed E-state index contributed by atoms with van der Waals surface area (Å²) in [5, 5.41) is 0. The Morgan fingerprint density at radius 3 is 2.67 bits per heavy atom. The molecule has 51 valence electrons. The fraction of sp³-hybridized carbons (Fsp3) is 0.571. The van der Waals surface area contributed by atoms with Crippen LogP contribution >= 0.6 is 0 Å². The summed E-state index contributed by atoms with van der Waals surface area (Å²) in [4.78, 5) is 10.5. The highest BCUT2D eigenvalue weighted by Gasteiger charge is 2.00. The molecule has 0 saturated carbocycles. The topological polar surface area (TPSA) is 26.3 Å². The molecule has 0 aliphatic rings. The van der Waals surface area contributed by atoms with Crippen molar-refractivity contribution in [2.45, 2.75) is 26.4 Å². The Morgan fingerprint density at radius 2 is 2.33 bits per heavy atom. The van der Waals surface area contributed by atoms with Gasteiger partial charge in [0, 0.05) is 0 Å². The van der Waals surface area contributed by atoms with E-state index in [4.69, 9.17) is 11.3 Å². The van der Waals surface area contributed by atoms with Crippen molar-refractivity contribution in [2.24, 2.45) is 0 Å². The van der Waals surface area contributed by atoms with Crippen molar-refractivity contribution in [3.8, 4) is 0 Å². The number of hydrogen-bond donors (Lipinski definition) is 0. The third kappa shape index (κ3) is 5.07. The third-order valence-electron chi connectivity index (χ3n) is 0.652. The second kappa shape index (κ2) is 4.13. The average molecular weight is 127 g/mol. The Morgan fingerprint density at radius 1 is 1.78 bits per heavy atom. The molecule has 0 fully saturated rings. The Hall–Kier alpha value is -0.790. The van der Waals surface area contributed by atoms with Gasteiger partial charge in [0.1, 0.15) is 0 Å². The molecular weight excluding hydrogens is 116 g/mol. The van der Waals surface area contributed by atoms with E-state index in [2.05, 4.69) is 0 Å². The number of rotatable bonds is 3. The second-order valence-corrected chi connectivity index (χ2v) is 1.98. The Labute approximate surface area is 55.5 Å². The van der Waals surface area contributed by atoms with Gasteiger partial charge in [0.05, 0.1) is 12.5 Å². The van der Waals surface area contributed by atoms with Gasteiger partial charge in [0.2, 0.25) is 0 Å². The first-order valence-corrected chi connectivity index (χ1v) is 2.89. The first-order chi connectivity index (χ1) is 4.16. The van der Waals surface area contributed by atoms with Gasteiger partial charge in [-0.3, -0.25) is 4.79 Å². The van der Waals surface area contributed by atoms with Crippen molar-refractivity contribution in [2.75, 3.05) is 0 Å². The maximum absolute atomic E-state index is 10.5. The average Bonchev–Trinajstić information content (AvgIpc) is 1.63. The molecule has 0 bridgehead atoms. The number of ether oxygens (including phenoxy) is 1. The van der Waals surface area contributed by atoms with E-state index in [0.29, 0.717) is 0 Å². The molecule has 0 aliphatic carbocycles. The van der Waals surface area contributed by atoms with E-state index in [1.807, 2.05) is 0 Å². The van der Waals surface area contributed by atoms with Crippen LogP contribution in [0.3, 0.4) is 0 Å². The highest BCUT2D eigenvalue weighted by molar-refractivity contribution is 5.71. The van der Waals surface area contributed by atoms with Crippen LogP contribution in [-0.2, 0) is 9.53 Å². The number of carbonyl (C=O) groups is 1. The molecule has 1 radical (unpaired) electrons. The molecule has 0 rings (SSSR count). The molecule has 0 aromatic carbocycles. The lowest BCUT2D eigenvalue weighted by atomic mass is 10.4. The second-order valence-electron chi connectivity index (χ2n) is 1.98. The van der Waals surface area contributed by atoms with Crippen LogP contribution in [0.4, 0.5) is 0 Å². The van der Waals surface area contributed by atoms with Gasteiger partial charge in [-0.15, -0.1) is 0 Å².